The van der Waals surface area contributed by atoms with Crippen molar-refractivity contribution in [2.75, 3.05) is 7.11 Å². The summed E-state index contributed by atoms with van der Waals surface area (Å²) in [7, 11) is 1.74. The van der Waals surface area contributed by atoms with Crippen LogP contribution in [-0.4, -0.2) is 19.3 Å². The van der Waals surface area contributed by atoms with Gasteiger partial charge in [-0.25, -0.2) is 4.39 Å². The molecule has 1 aliphatic rings. The molecule has 1 aromatic rings. The molecule has 1 aliphatic carbocycles. The molecule has 1 fully saturated rings. The second kappa shape index (κ2) is 5.50. The van der Waals surface area contributed by atoms with Crippen LogP contribution in [-0.2, 0) is 4.74 Å². The van der Waals surface area contributed by atoms with E-state index in [1.807, 2.05) is 6.92 Å². The molecule has 17 heavy (non-hydrogen) atoms. The predicted octanol–water partition coefficient (Wildman–Crippen LogP) is 3.47. The maximum atomic E-state index is 13.1. The van der Waals surface area contributed by atoms with E-state index in [-0.39, 0.29) is 18.0 Å². The minimum Gasteiger partial charge on any atom is -0.490 e. The Balaban J connectivity index is 2.02. The highest BCUT2D eigenvalue weighted by atomic mass is 19.1. The third-order valence-corrected chi connectivity index (χ3v) is 3.36. The maximum absolute atomic E-state index is 13.1. The van der Waals surface area contributed by atoms with Crippen molar-refractivity contribution in [1.29, 1.82) is 0 Å². The van der Waals surface area contributed by atoms with Gasteiger partial charge in [0.2, 0.25) is 0 Å². The summed E-state index contributed by atoms with van der Waals surface area (Å²) in [5.74, 6) is 0.413. The summed E-state index contributed by atoms with van der Waals surface area (Å²) in [6, 6.07) is 4.67. The van der Waals surface area contributed by atoms with Crippen LogP contribution >= 0.6 is 0 Å². The highest BCUT2D eigenvalue weighted by Gasteiger charge is 2.23. The molecule has 0 spiro atoms. The van der Waals surface area contributed by atoms with Crippen molar-refractivity contribution >= 4 is 0 Å². The van der Waals surface area contributed by atoms with Crippen molar-refractivity contribution in [3.05, 3.63) is 29.6 Å². The van der Waals surface area contributed by atoms with Gasteiger partial charge < -0.3 is 9.47 Å². The molecule has 0 heterocycles. The number of hydrogen-bond donors (Lipinski definition) is 0. The van der Waals surface area contributed by atoms with Crippen molar-refractivity contribution in [2.24, 2.45) is 0 Å². The van der Waals surface area contributed by atoms with Gasteiger partial charge in [0, 0.05) is 19.6 Å². The minimum atomic E-state index is -0.246. The summed E-state index contributed by atoms with van der Waals surface area (Å²) >= 11 is 0. The fourth-order valence-corrected chi connectivity index (χ4v) is 2.30. The molecule has 0 aliphatic heterocycles. The lowest BCUT2D eigenvalue weighted by Crippen LogP contribution is -2.29. The lowest BCUT2D eigenvalue weighted by Gasteiger charge is -2.29. The van der Waals surface area contributed by atoms with Crippen LogP contribution in [0.25, 0.3) is 0 Å². The number of rotatable bonds is 3. The van der Waals surface area contributed by atoms with Crippen LogP contribution in [0.1, 0.15) is 31.2 Å². The predicted molar refractivity (Wildman–Crippen MR) is 64.8 cm³/mol. The van der Waals surface area contributed by atoms with Crippen LogP contribution < -0.4 is 4.74 Å². The van der Waals surface area contributed by atoms with Gasteiger partial charge in [-0.05, 0) is 37.8 Å². The molecule has 2 atom stereocenters. The van der Waals surface area contributed by atoms with E-state index in [9.17, 15) is 4.39 Å². The van der Waals surface area contributed by atoms with Crippen molar-refractivity contribution in [1.82, 2.24) is 0 Å². The Bertz CT molecular complexity index is 378. The molecule has 1 aromatic carbocycles. The monoisotopic (exact) mass is 238 g/mol. The van der Waals surface area contributed by atoms with Crippen LogP contribution in [0.5, 0.6) is 5.75 Å². The minimum absolute atomic E-state index is 0.147. The van der Waals surface area contributed by atoms with Crippen molar-refractivity contribution in [2.45, 2.75) is 44.8 Å². The van der Waals surface area contributed by atoms with Gasteiger partial charge in [0.15, 0.2) is 0 Å². The van der Waals surface area contributed by atoms with Gasteiger partial charge in [-0.2, -0.15) is 0 Å². The molecule has 0 N–H and O–H groups in total. The SMILES string of the molecule is CO[C@H]1CCC[C@@H](Oc2cc(F)ccc2C)C1. The second-order valence-electron chi connectivity index (χ2n) is 4.67. The molecule has 0 bridgehead atoms. The summed E-state index contributed by atoms with van der Waals surface area (Å²) in [6.07, 6.45) is 4.55. The Hall–Kier alpha value is -1.09. The quantitative estimate of drug-likeness (QED) is 0.802. The van der Waals surface area contributed by atoms with Gasteiger partial charge >= 0.3 is 0 Å². The van der Waals surface area contributed by atoms with Gasteiger partial charge in [0.05, 0.1) is 6.10 Å². The van der Waals surface area contributed by atoms with Crippen molar-refractivity contribution in [3.8, 4) is 5.75 Å². The van der Waals surface area contributed by atoms with Crippen LogP contribution in [0.4, 0.5) is 4.39 Å². The van der Waals surface area contributed by atoms with Crippen LogP contribution in [0.15, 0.2) is 18.2 Å². The molecule has 1 saturated carbocycles. The first-order chi connectivity index (χ1) is 8.19. The van der Waals surface area contributed by atoms with E-state index in [0.29, 0.717) is 5.75 Å². The first kappa shape index (κ1) is 12.4. The largest absolute Gasteiger partial charge is 0.490 e. The van der Waals surface area contributed by atoms with Crippen molar-refractivity contribution < 1.29 is 13.9 Å². The smallest absolute Gasteiger partial charge is 0.126 e. The van der Waals surface area contributed by atoms with Gasteiger partial charge in [0.25, 0.3) is 0 Å². The molecule has 0 unspecified atom stereocenters. The zero-order valence-electron chi connectivity index (χ0n) is 10.4. The summed E-state index contributed by atoms with van der Waals surface area (Å²) in [5, 5.41) is 0. The van der Waals surface area contributed by atoms with Gasteiger partial charge in [-0.3, -0.25) is 0 Å². The molecule has 2 rings (SSSR count). The zero-order chi connectivity index (χ0) is 12.3. The number of aryl methyl sites for hydroxylation is 1. The molecule has 2 nitrogen and oxygen atoms in total. The first-order valence-electron chi connectivity index (χ1n) is 6.14. The van der Waals surface area contributed by atoms with E-state index in [4.69, 9.17) is 9.47 Å². The highest BCUT2D eigenvalue weighted by Crippen LogP contribution is 2.27. The highest BCUT2D eigenvalue weighted by molar-refractivity contribution is 5.32. The third kappa shape index (κ3) is 3.19. The molecule has 0 aromatic heterocycles. The second-order valence-corrected chi connectivity index (χ2v) is 4.67. The van der Waals surface area contributed by atoms with E-state index in [1.54, 1.807) is 13.2 Å². The molecular weight excluding hydrogens is 219 g/mol. The van der Waals surface area contributed by atoms with E-state index in [1.165, 1.54) is 12.1 Å². The van der Waals surface area contributed by atoms with Gasteiger partial charge in [-0.1, -0.05) is 6.07 Å². The van der Waals surface area contributed by atoms with Crippen LogP contribution in [0.3, 0.4) is 0 Å². The Labute approximate surface area is 102 Å². The zero-order valence-corrected chi connectivity index (χ0v) is 10.4. The number of hydrogen-bond acceptors (Lipinski definition) is 2. The van der Waals surface area contributed by atoms with E-state index >= 15 is 0 Å². The Kier molecular flexibility index (Phi) is 4.00. The van der Waals surface area contributed by atoms with Crippen LogP contribution in [0, 0.1) is 12.7 Å². The number of halogens is 1. The molecular formula is C14H19FO2. The standard InChI is InChI=1S/C14H19FO2/c1-10-6-7-11(15)8-14(10)17-13-5-3-4-12(9-13)16-2/h6-8,12-13H,3-5,9H2,1-2H3/t12-,13+/m0/s1. The van der Waals surface area contributed by atoms with E-state index in [0.717, 1.165) is 31.2 Å². The Morgan fingerprint density at radius 1 is 1.24 bits per heavy atom. The first-order valence-corrected chi connectivity index (χ1v) is 6.14. The van der Waals surface area contributed by atoms with Crippen molar-refractivity contribution in [3.63, 3.8) is 0 Å². The average Bonchev–Trinajstić information content (AvgIpc) is 2.34. The van der Waals surface area contributed by atoms with Gasteiger partial charge in [0.1, 0.15) is 17.7 Å². The lowest BCUT2D eigenvalue weighted by molar-refractivity contribution is 0.0206. The molecule has 0 saturated heterocycles. The maximum Gasteiger partial charge on any atom is 0.126 e. The third-order valence-electron chi connectivity index (χ3n) is 3.36. The molecule has 3 heteroatoms. The Morgan fingerprint density at radius 2 is 2.00 bits per heavy atom. The average molecular weight is 238 g/mol. The number of benzene rings is 1. The summed E-state index contributed by atoms with van der Waals surface area (Å²) in [4.78, 5) is 0. The van der Waals surface area contributed by atoms with E-state index < -0.39 is 0 Å². The summed E-state index contributed by atoms with van der Waals surface area (Å²) < 4.78 is 24.4. The summed E-state index contributed by atoms with van der Waals surface area (Å²) in [5.41, 5.74) is 0.978. The number of methoxy groups -OCH3 is 1. The molecule has 0 radical (unpaired) electrons. The lowest BCUT2D eigenvalue weighted by atomic mass is 9.95. The fraction of sp³-hybridized carbons (Fsp3) is 0.571. The molecule has 0 amide bonds. The Morgan fingerprint density at radius 3 is 2.76 bits per heavy atom. The van der Waals surface area contributed by atoms with Gasteiger partial charge in [-0.15, -0.1) is 0 Å². The molecule has 94 valence electrons. The fourth-order valence-electron chi connectivity index (χ4n) is 2.30. The summed E-state index contributed by atoms with van der Waals surface area (Å²) in [6.45, 7) is 1.94. The normalized spacial score (nSPS) is 24.6. The van der Waals surface area contributed by atoms with E-state index in [2.05, 4.69) is 0 Å². The van der Waals surface area contributed by atoms with Crippen LogP contribution in [0.2, 0.25) is 0 Å². The topological polar surface area (TPSA) is 18.5 Å². The number of ether oxygens (including phenoxy) is 2.